The molecule has 1 aliphatic rings. The molecule has 0 spiro atoms. The number of carbonyl (C=O) groups excluding carboxylic acids is 1. The van der Waals surface area contributed by atoms with Crippen molar-refractivity contribution in [2.45, 2.75) is 37.8 Å². The van der Waals surface area contributed by atoms with Gasteiger partial charge in [0, 0.05) is 17.2 Å². The minimum Gasteiger partial charge on any atom is -0.460 e. The van der Waals surface area contributed by atoms with Crippen LogP contribution in [0.25, 0.3) is 22.2 Å². The number of nitrogens with zero attached hydrogens (tertiary/aromatic N) is 3. The molecule has 2 aromatic carbocycles. The van der Waals surface area contributed by atoms with Crippen LogP contribution in [0.1, 0.15) is 36.0 Å². The van der Waals surface area contributed by atoms with Gasteiger partial charge in [-0.15, -0.1) is 0 Å². The van der Waals surface area contributed by atoms with Crippen LogP contribution in [0.4, 0.5) is 4.39 Å². The minimum absolute atomic E-state index is 0.0459. The van der Waals surface area contributed by atoms with Gasteiger partial charge >= 0.3 is 6.01 Å². The van der Waals surface area contributed by atoms with Crippen LogP contribution in [0, 0.1) is 5.82 Å². The average Bonchev–Trinajstić information content (AvgIpc) is 3.26. The van der Waals surface area contributed by atoms with Gasteiger partial charge in [0.15, 0.2) is 11.6 Å². The molecule has 2 heterocycles. The highest BCUT2D eigenvalue weighted by Gasteiger charge is 2.25. The van der Waals surface area contributed by atoms with Gasteiger partial charge in [-0.05, 0) is 43.9 Å². The molecule has 4 aromatic rings. The first kappa shape index (κ1) is 20.1. The van der Waals surface area contributed by atoms with Gasteiger partial charge in [-0.1, -0.05) is 35.5 Å². The molecule has 0 aliphatic heterocycles. The highest BCUT2D eigenvalue weighted by atomic mass is 19.1. The van der Waals surface area contributed by atoms with E-state index < -0.39 is 5.82 Å². The van der Waals surface area contributed by atoms with Crippen molar-refractivity contribution in [3.05, 3.63) is 72.3 Å². The van der Waals surface area contributed by atoms with Crippen LogP contribution in [0.15, 0.2) is 65.4 Å². The monoisotopic (exact) mass is 432 g/mol. The van der Waals surface area contributed by atoms with Crippen molar-refractivity contribution in [1.82, 2.24) is 20.4 Å². The third-order valence-electron chi connectivity index (χ3n) is 5.65. The number of rotatable bonds is 5. The van der Waals surface area contributed by atoms with Crippen LogP contribution >= 0.6 is 0 Å². The summed E-state index contributed by atoms with van der Waals surface area (Å²) in [5, 5.41) is 8.03. The summed E-state index contributed by atoms with van der Waals surface area (Å²) in [4.78, 5) is 20.6. The summed E-state index contributed by atoms with van der Waals surface area (Å²) in [7, 11) is 0. The third kappa shape index (κ3) is 4.30. The standard InChI is InChI=1S/C24H21FN4O3/c25-17-13-26-24(27-14-17)31-19-9-7-18(8-10-19)28-23(30)16-6-11-21-20(12-16)22(32-29-21)15-4-2-1-3-5-15/h1-6,11-14,18-19H,7-10H2,(H,28,30). The van der Waals surface area contributed by atoms with Crippen LogP contribution < -0.4 is 10.1 Å². The number of halogens is 1. The molecule has 0 saturated heterocycles. The molecule has 0 radical (unpaired) electrons. The fourth-order valence-electron chi connectivity index (χ4n) is 3.98. The Hall–Kier alpha value is -3.81. The molecule has 32 heavy (non-hydrogen) atoms. The second-order valence-corrected chi connectivity index (χ2v) is 7.86. The van der Waals surface area contributed by atoms with Gasteiger partial charge in [-0.2, -0.15) is 0 Å². The molecule has 0 bridgehead atoms. The summed E-state index contributed by atoms with van der Waals surface area (Å²) in [6, 6.07) is 15.3. The molecular formula is C24H21FN4O3. The Balaban J connectivity index is 1.22. The van der Waals surface area contributed by atoms with Crippen molar-refractivity contribution >= 4 is 16.8 Å². The molecule has 5 rings (SSSR count). The first-order valence-corrected chi connectivity index (χ1v) is 10.6. The van der Waals surface area contributed by atoms with Crippen LogP contribution in [-0.2, 0) is 0 Å². The van der Waals surface area contributed by atoms with E-state index in [2.05, 4.69) is 20.4 Å². The normalized spacial score (nSPS) is 18.4. The summed E-state index contributed by atoms with van der Waals surface area (Å²) < 4.78 is 24.2. The highest BCUT2D eigenvalue weighted by molar-refractivity contribution is 6.01. The number of amides is 1. The van der Waals surface area contributed by atoms with Gasteiger partial charge in [0.25, 0.3) is 5.91 Å². The zero-order valence-electron chi connectivity index (χ0n) is 17.2. The first-order valence-electron chi connectivity index (χ1n) is 10.6. The lowest BCUT2D eigenvalue weighted by molar-refractivity contribution is 0.0885. The van der Waals surface area contributed by atoms with Gasteiger partial charge < -0.3 is 14.6 Å². The summed E-state index contributed by atoms with van der Waals surface area (Å²) in [6.07, 6.45) is 5.21. The van der Waals surface area contributed by atoms with Crippen molar-refractivity contribution in [1.29, 1.82) is 0 Å². The third-order valence-corrected chi connectivity index (χ3v) is 5.65. The number of nitrogens with one attached hydrogen (secondary N) is 1. The van der Waals surface area contributed by atoms with Crippen LogP contribution in [0.2, 0.25) is 0 Å². The number of carbonyl (C=O) groups is 1. The highest BCUT2D eigenvalue weighted by Crippen LogP contribution is 2.29. The molecule has 8 heteroatoms. The van der Waals surface area contributed by atoms with Gasteiger partial charge in [-0.25, -0.2) is 14.4 Å². The van der Waals surface area contributed by atoms with E-state index in [0.29, 0.717) is 16.8 Å². The zero-order valence-corrected chi connectivity index (χ0v) is 17.2. The topological polar surface area (TPSA) is 90.1 Å². The fourth-order valence-corrected chi connectivity index (χ4v) is 3.98. The van der Waals surface area contributed by atoms with Crippen LogP contribution in [0.5, 0.6) is 6.01 Å². The van der Waals surface area contributed by atoms with E-state index in [1.54, 1.807) is 12.1 Å². The minimum atomic E-state index is -0.496. The summed E-state index contributed by atoms with van der Waals surface area (Å²) >= 11 is 0. The van der Waals surface area contributed by atoms with E-state index in [1.807, 2.05) is 36.4 Å². The van der Waals surface area contributed by atoms with E-state index in [-0.39, 0.29) is 24.1 Å². The summed E-state index contributed by atoms with van der Waals surface area (Å²) in [5.41, 5.74) is 2.19. The maximum absolute atomic E-state index is 12.9. The Morgan fingerprint density at radius 3 is 2.53 bits per heavy atom. The molecule has 0 atom stereocenters. The Morgan fingerprint density at radius 1 is 1.03 bits per heavy atom. The molecular weight excluding hydrogens is 411 g/mol. The van der Waals surface area contributed by atoms with Crippen molar-refractivity contribution in [3.8, 4) is 17.3 Å². The molecule has 2 aromatic heterocycles. The molecule has 1 saturated carbocycles. The average molecular weight is 432 g/mol. The second-order valence-electron chi connectivity index (χ2n) is 7.86. The maximum Gasteiger partial charge on any atom is 0.316 e. The lowest BCUT2D eigenvalue weighted by Crippen LogP contribution is -2.39. The Kier molecular flexibility index (Phi) is 5.49. The van der Waals surface area contributed by atoms with Crippen molar-refractivity contribution < 1.29 is 18.4 Å². The Morgan fingerprint density at radius 2 is 1.78 bits per heavy atom. The van der Waals surface area contributed by atoms with E-state index >= 15 is 0 Å². The first-order chi connectivity index (χ1) is 15.7. The van der Waals surface area contributed by atoms with Gasteiger partial charge in [-0.3, -0.25) is 4.79 Å². The smallest absolute Gasteiger partial charge is 0.316 e. The van der Waals surface area contributed by atoms with Gasteiger partial charge in [0.1, 0.15) is 11.6 Å². The van der Waals surface area contributed by atoms with Gasteiger partial charge in [0.05, 0.1) is 17.8 Å². The molecule has 1 amide bonds. The van der Waals surface area contributed by atoms with E-state index in [4.69, 9.17) is 9.26 Å². The second kappa shape index (κ2) is 8.74. The number of aromatic nitrogens is 3. The predicted molar refractivity (Wildman–Crippen MR) is 116 cm³/mol. The predicted octanol–water partition coefficient (Wildman–Crippen LogP) is 4.54. The molecule has 0 unspecified atom stereocenters. The lowest BCUT2D eigenvalue weighted by atomic mass is 9.92. The van der Waals surface area contributed by atoms with Crippen LogP contribution in [-0.4, -0.2) is 33.2 Å². The Labute approximate surface area is 183 Å². The summed E-state index contributed by atoms with van der Waals surface area (Å²) in [5.74, 6) is 0.0262. The van der Waals surface area contributed by atoms with Crippen molar-refractivity contribution in [2.24, 2.45) is 0 Å². The molecule has 162 valence electrons. The largest absolute Gasteiger partial charge is 0.460 e. The number of ether oxygens (including phenoxy) is 1. The summed E-state index contributed by atoms with van der Waals surface area (Å²) in [6.45, 7) is 0. The van der Waals surface area contributed by atoms with E-state index in [0.717, 1.165) is 49.0 Å². The van der Waals surface area contributed by atoms with Crippen molar-refractivity contribution in [3.63, 3.8) is 0 Å². The van der Waals surface area contributed by atoms with Crippen molar-refractivity contribution in [2.75, 3.05) is 0 Å². The zero-order chi connectivity index (χ0) is 21.9. The van der Waals surface area contributed by atoms with Crippen LogP contribution in [0.3, 0.4) is 0 Å². The number of hydrogen-bond donors (Lipinski definition) is 1. The van der Waals surface area contributed by atoms with E-state index in [9.17, 15) is 9.18 Å². The fraction of sp³-hybridized carbons (Fsp3) is 0.250. The quantitative estimate of drug-likeness (QED) is 0.498. The molecule has 1 fully saturated rings. The number of fused-ring (bicyclic) bond motifs is 1. The molecule has 7 nitrogen and oxygen atoms in total. The number of benzene rings is 2. The number of hydrogen-bond acceptors (Lipinski definition) is 6. The van der Waals surface area contributed by atoms with E-state index in [1.165, 1.54) is 0 Å². The molecule has 1 aliphatic carbocycles. The Bertz CT molecular complexity index is 1220. The molecule has 1 N–H and O–H groups in total. The maximum atomic E-state index is 12.9. The van der Waals surface area contributed by atoms with Gasteiger partial charge in [0.2, 0.25) is 0 Å². The SMILES string of the molecule is O=C(NC1CCC(Oc2ncc(F)cn2)CC1)c1ccc2noc(-c3ccccc3)c2c1. The lowest BCUT2D eigenvalue weighted by Gasteiger charge is -2.28.